The van der Waals surface area contributed by atoms with E-state index < -0.39 is 0 Å². The Balaban J connectivity index is 1.49. The number of quaternary nitrogens is 3. The minimum atomic E-state index is 0.932. The number of hydrogen-bond donors (Lipinski definition) is 3. The van der Waals surface area contributed by atoms with Gasteiger partial charge < -0.3 is 24.0 Å². The first-order valence-corrected chi connectivity index (χ1v) is 8.51. The summed E-state index contributed by atoms with van der Waals surface area (Å²) in [5.74, 6) is 0. The molecule has 0 aliphatic carbocycles. The molecule has 2 aliphatic rings. The summed E-state index contributed by atoms with van der Waals surface area (Å²) in [7, 11) is 2.31. The maximum Gasteiger partial charge on any atom is 0.127 e. The van der Waals surface area contributed by atoms with E-state index in [9.17, 15) is 0 Å². The summed E-state index contributed by atoms with van der Waals surface area (Å²) < 4.78 is 7.91. The topological polar surface area (TPSA) is 27.5 Å². The van der Waals surface area contributed by atoms with Crippen LogP contribution in [0.4, 0.5) is 0 Å². The van der Waals surface area contributed by atoms with Crippen LogP contribution in [0.5, 0.6) is 0 Å². The molecule has 1 aromatic rings. The van der Waals surface area contributed by atoms with Crippen molar-refractivity contribution >= 4 is 0 Å². The van der Waals surface area contributed by atoms with Crippen LogP contribution in [-0.2, 0) is 17.8 Å². The summed E-state index contributed by atoms with van der Waals surface area (Å²) in [6, 6.07) is 4.53. The van der Waals surface area contributed by atoms with Gasteiger partial charge in [0.15, 0.2) is 0 Å². The second-order valence-corrected chi connectivity index (χ2v) is 6.69. The van der Waals surface area contributed by atoms with Crippen LogP contribution >= 0.6 is 0 Å². The zero-order valence-electron chi connectivity index (χ0n) is 13.4. The molecule has 2 saturated heterocycles. The average Bonchev–Trinajstić information content (AvgIpc) is 2.96. The molecule has 118 valence electrons. The van der Waals surface area contributed by atoms with Gasteiger partial charge in [0.2, 0.25) is 0 Å². The number of hydrogen-bond acceptors (Lipinski definition) is 1. The monoisotopic (exact) mass is 295 g/mol. The molecule has 0 aromatic carbocycles. The van der Waals surface area contributed by atoms with Gasteiger partial charge in [0.05, 0.1) is 39.0 Å². The van der Waals surface area contributed by atoms with Crippen molar-refractivity contribution in [3.05, 3.63) is 24.0 Å². The van der Waals surface area contributed by atoms with E-state index in [2.05, 4.69) is 29.9 Å². The van der Waals surface area contributed by atoms with Crippen molar-refractivity contribution in [2.45, 2.75) is 13.1 Å². The minimum absolute atomic E-state index is 0.932. The van der Waals surface area contributed by atoms with E-state index in [-0.39, 0.29) is 0 Å². The Hall–Kier alpha value is -0.880. The number of ether oxygens (including phenoxy) is 1. The van der Waals surface area contributed by atoms with Crippen LogP contribution in [0, 0.1) is 0 Å². The zero-order chi connectivity index (χ0) is 14.5. The van der Waals surface area contributed by atoms with Crippen molar-refractivity contribution in [2.75, 3.05) is 66.1 Å². The van der Waals surface area contributed by atoms with Crippen molar-refractivity contribution in [1.82, 2.24) is 4.57 Å². The van der Waals surface area contributed by atoms with E-state index in [1.807, 2.05) is 0 Å². The zero-order valence-corrected chi connectivity index (χ0v) is 13.4. The summed E-state index contributed by atoms with van der Waals surface area (Å²) in [4.78, 5) is 5.13. The maximum absolute atomic E-state index is 5.44. The van der Waals surface area contributed by atoms with Gasteiger partial charge >= 0.3 is 0 Å². The van der Waals surface area contributed by atoms with Crippen LogP contribution in [0.2, 0.25) is 0 Å². The van der Waals surface area contributed by atoms with Gasteiger partial charge in [-0.2, -0.15) is 0 Å². The Morgan fingerprint density at radius 1 is 1.05 bits per heavy atom. The fourth-order valence-corrected chi connectivity index (χ4v) is 3.48. The highest BCUT2D eigenvalue weighted by Crippen LogP contribution is 1.99. The molecule has 21 heavy (non-hydrogen) atoms. The molecule has 1 aromatic heterocycles. The smallest absolute Gasteiger partial charge is 0.127 e. The molecule has 0 bridgehead atoms. The Labute approximate surface area is 128 Å². The van der Waals surface area contributed by atoms with Crippen molar-refractivity contribution < 1.29 is 19.4 Å². The maximum atomic E-state index is 5.44. The first-order valence-electron chi connectivity index (χ1n) is 8.51. The lowest BCUT2D eigenvalue weighted by Crippen LogP contribution is -3.26. The van der Waals surface area contributed by atoms with Crippen LogP contribution in [-0.4, -0.2) is 70.6 Å². The summed E-state index contributed by atoms with van der Waals surface area (Å²) in [5.41, 5.74) is 1.51. The fourth-order valence-electron chi connectivity index (χ4n) is 3.48. The molecule has 3 rings (SSSR count). The molecule has 0 spiro atoms. The second-order valence-electron chi connectivity index (χ2n) is 6.69. The Kier molecular flexibility index (Phi) is 5.30. The van der Waals surface area contributed by atoms with Crippen LogP contribution < -0.4 is 14.7 Å². The third-order valence-electron chi connectivity index (χ3n) is 5.07. The lowest BCUT2D eigenvalue weighted by atomic mass is 10.3. The molecule has 5 heteroatoms. The molecule has 0 radical (unpaired) electrons. The highest BCUT2D eigenvalue weighted by molar-refractivity contribution is 5.05. The third-order valence-corrected chi connectivity index (χ3v) is 5.07. The SMILES string of the molecule is C[NH+]1CC[NH+](Cc2cccn2CC[NH+]2CCOCC2)CC1. The lowest BCUT2D eigenvalue weighted by Gasteiger charge is -2.28. The number of rotatable bonds is 5. The largest absolute Gasteiger partial charge is 0.370 e. The molecule has 0 atom stereocenters. The Morgan fingerprint density at radius 2 is 1.81 bits per heavy atom. The summed E-state index contributed by atoms with van der Waals surface area (Å²) in [6.07, 6.45) is 2.26. The lowest BCUT2D eigenvalue weighted by molar-refractivity contribution is -1.01. The van der Waals surface area contributed by atoms with E-state index in [4.69, 9.17) is 4.74 Å². The number of nitrogens with zero attached hydrogens (tertiary/aromatic N) is 1. The summed E-state index contributed by atoms with van der Waals surface area (Å²) in [6.45, 7) is 13.0. The molecule has 3 N–H and O–H groups in total. The summed E-state index contributed by atoms with van der Waals surface area (Å²) >= 11 is 0. The van der Waals surface area contributed by atoms with E-state index >= 15 is 0 Å². The molecule has 2 aliphatic heterocycles. The third kappa shape index (κ3) is 4.30. The molecule has 0 amide bonds. The number of nitrogens with one attached hydrogen (secondary N) is 3. The standard InChI is InChI=1S/C16H28N4O/c1-17-5-7-19(8-6-17)15-16-3-2-4-20(16)10-9-18-11-13-21-14-12-18/h2-4H,5-15H2,1H3/p+3. The molecular formula is C16H31N4O+3. The quantitative estimate of drug-likeness (QED) is 0.513. The molecule has 0 unspecified atom stereocenters. The van der Waals surface area contributed by atoms with Gasteiger partial charge in [0.25, 0.3) is 0 Å². The number of aromatic nitrogens is 1. The van der Waals surface area contributed by atoms with E-state index in [0.29, 0.717) is 0 Å². The molecule has 3 heterocycles. The van der Waals surface area contributed by atoms with Crippen LogP contribution in [0.25, 0.3) is 0 Å². The van der Waals surface area contributed by atoms with Gasteiger partial charge in [-0.25, -0.2) is 0 Å². The predicted octanol–water partition coefficient (Wildman–Crippen LogP) is -3.68. The van der Waals surface area contributed by atoms with E-state index in [0.717, 1.165) is 19.8 Å². The van der Waals surface area contributed by atoms with Crippen LogP contribution in [0.1, 0.15) is 5.69 Å². The van der Waals surface area contributed by atoms with Gasteiger partial charge in [-0.15, -0.1) is 0 Å². The van der Waals surface area contributed by atoms with Gasteiger partial charge in [-0.3, -0.25) is 0 Å². The number of likely N-dealkylation sites (N-methyl/N-ethyl adjacent to an activating group) is 1. The van der Waals surface area contributed by atoms with Crippen LogP contribution in [0.15, 0.2) is 18.3 Å². The van der Waals surface area contributed by atoms with Gasteiger partial charge in [0.1, 0.15) is 45.8 Å². The predicted molar refractivity (Wildman–Crippen MR) is 81.8 cm³/mol. The van der Waals surface area contributed by atoms with Crippen molar-refractivity contribution in [2.24, 2.45) is 0 Å². The average molecular weight is 295 g/mol. The number of morpholine rings is 1. The molecule has 0 saturated carbocycles. The van der Waals surface area contributed by atoms with E-state index in [1.165, 1.54) is 58.1 Å². The highest BCUT2D eigenvalue weighted by Gasteiger charge is 2.21. The second kappa shape index (κ2) is 7.40. The van der Waals surface area contributed by atoms with Crippen molar-refractivity contribution in [3.63, 3.8) is 0 Å². The molecule has 5 nitrogen and oxygen atoms in total. The van der Waals surface area contributed by atoms with Crippen molar-refractivity contribution in [3.8, 4) is 0 Å². The number of piperazine rings is 1. The molecule has 2 fully saturated rings. The van der Waals surface area contributed by atoms with Crippen LogP contribution in [0.3, 0.4) is 0 Å². The van der Waals surface area contributed by atoms with Gasteiger partial charge in [-0.05, 0) is 12.1 Å². The van der Waals surface area contributed by atoms with Gasteiger partial charge in [0, 0.05) is 6.20 Å². The normalized spacial score (nSPS) is 27.9. The Bertz CT molecular complexity index is 420. The first-order chi connectivity index (χ1) is 10.3. The molecular weight excluding hydrogens is 264 g/mol. The summed E-state index contributed by atoms with van der Waals surface area (Å²) in [5, 5.41) is 0. The highest BCUT2D eigenvalue weighted by atomic mass is 16.5. The minimum Gasteiger partial charge on any atom is -0.370 e. The van der Waals surface area contributed by atoms with E-state index in [1.54, 1.807) is 14.7 Å². The van der Waals surface area contributed by atoms with Crippen molar-refractivity contribution in [1.29, 1.82) is 0 Å². The Morgan fingerprint density at radius 3 is 2.57 bits per heavy atom. The van der Waals surface area contributed by atoms with Gasteiger partial charge in [-0.1, -0.05) is 0 Å². The first kappa shape index (κ1) is 15.0. The fraction of sp³-hybridized carbons (Fsp3) is 0.750.